The summed E-state index contributed by atoms with van der Waals surface area (Å²) in [5.74, 6) is -5.52. The van der Waals surface area contributed by atoms with Crippen LogP contribution in [0.5, 0.6) is 0 Å². The number of halogens is 3. The van der Waals surface area contributed by atoms with Gasteiger partial charge in [0.15, 0.2) is 0 Å². The molecule has 25 heavy (non-hydrogen) atoms. The number of carboxylic acids is 1. The third kappa shape index (κ3) is 3.96. The zero-order valence-corrected chi connectivity index (χ0v) is 14.4. The third-order valence-electron chi connectivity index (χ3n) is 4.40. The number of hydrogen-bond acceptors (Lipinski definition) is 3. The Labute approximate surface area is 143 Å². The van der Waals surface area contributed by atoms with Crippen LogP contribution in [0.2, 0.25) is 0 Å². The summed E-state index contributed by atoms with van der Waals surface area (Å²) in [6.45, 7) is 5.34. The Bertz CT molecular complexity index is 655. The maximum absolute atomic E-state index is 13.1. The molecule has 0 aromatic carbocycles. The Balaban J connectivity index is 2.27. The van der Waals surface area contributed by atoms with Crippen LogP contribution < -0.4 is 0 Å². The smallest absolute Gasteiger partial charge is 0.394 e. The molecule has 1 aliphatic heterocycles. The molecule has 2 atom stereocenters. The van der Waals surface area contributed by atoms with Gasteiger partial charge in [0.25, 0.3) is 5.91 Å². The van der Waals surface area contributed by atoms with Gasteiger partial charge in [-0.3, -0.25) is 14.3 Å². The molecule has 9 heteroatoms. The standard InChI is InChI=1S/C16H22F3N3O3/c1-4-13-10(5-20-22(13)6-9(2)3)14(23)21-7-11(15(24)25)12(8-21)16(17,18)19/h5,9,11-12H,4,6-8H2,1-3H3,(H,24,25)/t11-,12-/m1/s1. The predicted octanol–water partition coefficient (Wildman–Crippen LogP) is 2.44. The van der Waals surface area contributed by atoms with E-state index in [2.05, 4.69) is 5.10 Å². The van der Waals surface area contributed by atoms with Gasteiger partial charge in [0, 0.05) is 19.6 Å². The maximum atomic E-state index is 13.1. The summed E-state index contributed by atoms with van der Waals surface area (Å²) in [5, 5.41) is 13.2. The summed E-state index contributed by atoms with van der Waals surface area (Å²) in [7, 11) is 0. The molecule has 0 spiro atoms. The Kier molecular flexibility index (Phi) is 5.43. The van der Waals surface area contributed by atoms with Crippen LogP contribution in [-0.4, -0.2) is 50.9 Å². The van der Waals surface area contributed by atoms with Gasteiger partial charge in [0.05, 0.1) is 29.3 Å². The van der Waals surface area contributed by atoms with E-state index in [1.54, 1.807) is 4.68 Å². The first-order chi connectivity index (χ1) is 11.6. The van der Waals surface area contributed by atoms with Gasteiger partial charge in [0.1, 0.15) is 0 Å². The third-order valence-corrected chi connectivity index (χ3v) is 4.40. The molecule has 1 aliphatic rings. The van der Waals surface area contributed by atoms with E-state index in [4.69, 9.17) is 5.11 Å². The summed E-state index contributed by atoms with van der Waals surface area (Å²) in [6.07, 6.45) is -2.79. The minimum absolute atomic E-state index is 0.245. The fourth-order valence-corrected chi connectivity index (χ4v) is 3.19. The molecule has 6 nitrogen and oxygen atoms in total. The molecule has 0 bridgehead atoms. The SMILES string of the molecule is CCc1c(C(=O)N2C[C@@H](C(F)(F)F)[C@H](C(=O)O)C2)cnn1CC(C)C. The second-order valence-corrected chi connectivity index (χ2v) is 6.74. The highest BCUT2D eigenvalue weighted by molar-refractivity contribution is 5.95. The highest BCUT2D eigenvalue weighted by Crippen LogP contribution is 2.38. The molecule has 0 saturated carbocycles. The number of carboxylic acid groups (broad SMARTS) is 1. The number of hydrogen-bond donors (Lipinski definition) is 1. The molecule has 0 unspecified atom stereocenters. The van der Waals surface area contributed by atoms with Crippen LogP contribution in [0.25, 0.3) is 0 Å². The number of alkyl halides is 3. The molecular formula is C16H22F3N3O3. The van der Waals surface area contributed by atoms with Crippen molar-refractivity contribution in [1.82, 2.24) is 14.7 Å². The molecule has 2 rings (SSSR count). The lowest BCUT2D eigenvalue weighted by atomic mass is 9.96. The molecule has 1 N–H and O–H groups in total. The zero-order valence-electron chi connectivity index (χ0n) is 14.4. The van der Waals surface area contributed by atoms with Crippen LogP contribution in [0.3, 0.4) is 0 Å². The second kappa shape index (κ2) is 7.05. The molecule has 2 heterocycles. The fourth-order valence-electron chi connectivity index (χ4n) is 3.19. The van der Waals surface area contributed by atoms with Crippen molar-refractivity contribution < 1.29 is 27.9 Å². The van der Waals surface area contributed by atoms with Crippen molar-refractivity contribution in [3.05, 3.63) is 17.5 Å². The quantitative estimate of drug-likeness (QED) is 0.874. The van der Waals surface area contributed by atoms with E-state index >= 15 is 0 Å². The van der Waals surface area contributed by atoms with Crippen molar-refractivity contribution in [2.45, 2.75) is 39.9 Å². The van der Waals surface area contributed by atoms with Gasteiger partial charge in [0.2, 0.25) is 0 Å². The fraction of sp³-hybridized carbons (Fsp3) is 0.688. The Morgan fingerprint density at radius 2 is 2.00 bits per heavy atom. The summed E-state index contributed by atoms with van der Waals surface area (Å²) >= 11 is 0. The Morgan fingerprint density at radius 1 is 1.36 bits per heavy atom. The van der Waals surface area contributed by atoms with Crippen LogP contribution in [0, 0.1) is 17.8 Å². The van der Waals surface area contributed by atoms with Crippen LogP contribution in [0.1, 0.15) is 36.8 Å². The molecule has 1 amide bonds. The first kappa shape index (κ1) is 19.3. The van der Waals surface area contributed by atoms with Gasteiger partial charge >= 0.3 is 12.1 Å². The first-order valence-electron chi connectivity index (χ1n) is 8.19. The van der Waals surface area contributed by atoms with E-state index < -0.39 is 43.0 Å². The lowest BCUT2D eigenvalue weighted by Crippen LogP contribution is -2.34. The van der Waals surface area contributed by atoms with Crippen molar-refractivity contribution in [2.24, 2.45) is 17.8 Å². The number of likely N-dealkylation sites (tertiary alicyclic amines) is 1. The number of carbonyl (C=O) groups is 2. The molecule has 0 radical (unpaired) electrons. The first-order valence-corrected chi connectivity index (χ1v) is 8.19. The van der Waals surface area contributed by atoms with E-state index in [1.165, 1.54) is 6.20 Å². The number of aromatic nitrogens is 2. The van der Waals surface area contributed by atoms with Crippen LogP contribution in [0.4, 0.5) is 13.2 Å². The van der Waals surface area contributed by atoms with Crippen molar-refractivity contribution in [3.63, 3.8) is 0 Å². The lowest BCUT2D eigenvalue weighted by molar-refractivity contribution is -0.187. The topological polar surface area (TPSA) is 75.4 Å². The van der Waals surface area contributed by atoms with Crippen LogP contribution >= 0.6 is 0 Å². The van der Waals surface area contributed by atoms with Gasteiger partial charge in [-0.1, -0.05) is 20.8 Å². The van der Waals surface area contributed by atoms with Gasteiger partial charge in [-0.2, -0.15) is 18.3 Å². The van der Waals surface area contributed by atoms with Crippen molar-refractivity contribution in [2.75, 3.05) is 13.1 Å². The molecule has 140 valence electrons. The van der Waals surface area contributed by atoms with E-state index in [9.17, 15) is 22.8 Å². The summed E-state index contributed by atoms with van der Waals surface area (Å²) < 4.78 is 40.9. The normalized spacial score (nSPS) is 21.2. The number of nitrogens with zero attached hydrogens (tertiary/aromatic N) is 3. The van der Waals surface area contributed by atoms with E-state index in [0.29, 0.717) is 24.6 Å². The van der Waals surface area contributed by atoms with Gasteiger partial charge < -0.3 is 10.0 Å². The minimum Gasteiger partial charge on any atom is -0.481 e. The van der Waals surface area contributed by atoms with Crippen molar-refractivity contribution in [3.8, 4) is 0 Å². The predicted molar refractivity (Wildman–Crippen MR) is 83.0 cm³/mol. The highest BCUT2D eigenvalue weighted by atomic mass is 19.4. The summed E-state index contributed by atoms with van der Waals surface area (Å²) in [6, 6.07) is 0. The molecule has 0 aliphatic carbocycles. The van der Waals surface area contributed by atoms with E-state index in [-0.39, 0.29) is 5.56 Å². The van der Waals surface area contributed by atoms with Gasteiger partial charge in [-0.25, -0.2) is 0 Å². The summed E-state index contributed by atoms with van der Waals surface area (Å²) in [5.41, 5.74) is 0.899. The summed E-state index contributed by atoms with van der Waals surface area (Å²) in [4.78, 5) is 24.8. The average molecular weight is 361 g/mol. The van der Waals surface area contributed by atoms with Gasteiger partial charge in [-0.15, -0.1) is 0 Å². The number of amides is 1. The monoisotopic (exact) mass is 361 g/mol. The second-order valence-electron chi connectivity index (χ2n) is 6.74. The molecule has 1 saturated heterocycles. The molecular weight excluding hydrogens is 339 g/mol. The van der Waals surface area contributed by atoms with E-state index in [0.717, 1.165) is 4.90 Å². The Hall–Kier alpha value is -2.06. The Morgan fingerprint density at radius 3 is 2.44 bits per heavy atom. The average Bonchev–Trinajstić information content (AvgIpc) is 3.09. The maximum Gasteiger partial charge on any atom is 0.394 e. The number of aliphatic carboxylic acids is 1. The van der Waals surface area contributed by atoms with Crippen LogP contribution in [0.15, 0.2) is 6.20 Å². The number of rotatable bonds is 5. The van der Waals surface area contributed by atoms with E-state index in [1.807, 2.05) is 20.8 Å². The minimum atomic E-state index is -4.66. The highest BCUT2D eigenvalue weighted by Gasteiger charge is 2.53. The lowest BCUT2D eigenvalue weighted by Gasteiger charge is -2.18. The molecule has 1 aromatic rings. The number of carbonyl (C=O) groups excluding carboxylic acids is 1. The van der Waals surface area contributed by atoms with Gasteiger partial charge in [-0.05, 0) is 12.3 Å². The largest absolute Gasteiger partial charge is 0.481 e. The van der Waals surface area contributed by atoms with Crippen molar-refractivity contribution in [1.29, 1.82) is 0 Å². The zero-order chi connectivity index (χ0) is 18.9. The molecule has 1 fully saturated rings. The van der Waals surface area contributed by atoms with Crippen LogP contribution in [-0.2, 0) is 17.8 Å². The van der Waals surface area contributed by atoms with Crippen molar-refractivity contribution >= 4 is 11.9 Å². The molecule has 1 aromatic heterocycles.